The average molecular weight is 366 g/mol. The molecule has 27 heavy (non-hydrogen) atoms. The van der Waals surface area contributed by atoms with Crippen LogP contribution < -0.4 is 16.4 Å². The predicted octanol–water partition coefficient (Wildman–Crippen LogP) is 1.50. The number of pyridine rings is 1. The van der Waals surface area contributed by atoms with E-state index in [0.29, 0.717) is 24.3 Å². The minimum absolute atomic E-state index is 0.137. The molecule has 3 aromatic rings. The van der Waals surface area contributed by atoms with Crippen LogP contribution >= 0.6 is 0 Å². The van der Waals surface area contributed by atoms with Gasteiger partial charge < -0.3 is 5.32 Å². The van der Waals surface area contributed by atoms with Gasteiger partial charge in [0, 0.05) is 19.3 Å². The van der Waals surface area contributed by atoms with E-state index in [2.05, 4.69) is 10.3 Å². The average Bonchev–Trinajstić information content (AvgIpc) is 2.70. The SMILES string of the molecule is CCn1c(=O)c(=O)n(CC(=O)NCC(C)c2ccccc2)c2cccnc21. The number of hydrogen-bond donors (Lipinski definition) is 1. The van der Waals surface area contributed by atoms with Gasteiger partial charge in [-0.15, -0.1) is 0 Å². The third-order valence-electron chi connectivity index (χ3n) is 4.58. The van der Waals surface area contributed by atoms with Crippen LogP contribution in [-0.4, -0.2) is 26.6 Å². The van der Waals surface area contributed by atoms with Crippen molar-refractivity contribution in [3.05, 3.63) is 74.9 Å². The molecule has 0 fully saturated rings. The van der Waals surface area contributed by atoms with E-state index in [0.717, 1.165) is 5.56 Å². The van der Waals surface area contributed by atoms with Crippen molar-refractivity contribution in [1.82, 2.24) is 19.4 Å². The van der Waals surface area contributed by atoms with Crippen LogP contribution in [0.25, 0.3) is 11.2 Å². The summed E-state index contributed by atoms with van der Waals surface area (Å²) in [6, 6.07) is 13.2. The summed E-state index contributed by atoms with van der Waals surface area (Å²) in [7, 11) is 0. The van der Waals surface area contributed by atoms with Crippen molar-refractivity contribution >= 4 is 17.1 Å². The summed E-state index contributed by atoms with van der Waals surface area (Å²) in [6.07, 6.45) is 1.56. The first kappa shape index (κ1) is 18.6. The molecule has 7 heteroatoms. The molecule has 7 nitrogen and oxygen atoms in total. The Morgan fingerprint density at radius 1 is 1.07 bits per heavy atom. The van der Waals surface area contributed by atoms with Crippen molar-refractivity contribution in [2.45, 2.75) is 32.9 Å². The first-order valence-corrected chi connectivity index (χ1v) is 8.93. The molecule has 3 rings (SSSR count). The monoisotopic (exact) mass is 366 g/mol. The van der Waals surface area contributed by atoms with Gasteiger partial charge in [0.25, 0.3) is 0 Å². The normalized spacial score (nSPS) is 12.1. The van der Waals surface area contributed by atoms with Crippen LogP contribution in [0.5, 0.6) is 0 Å². The standard InChI is InChI=1S/C20H22N4O3/c1-3-23-18-16(10-7-11-21-18)24(20(27)19(23)26)13-17(25)22-12-14(2)15-8-5-4-6-9-15/h4-11,14H,3,12-13H2,1-2H3,(H,22,25). The molecule has 2 aromatic heterocycles. The molecule has 0 aliphatic heterocycles. The number of amides is 1. The molecule has 0 saturated heterocycles. The van der Waals surface area contributed by atoms with Gasteiger partial charge in [-0.3, -0.25) is 23.5 Å². The molecule has 1 atom stereocenters. The molecule has 0 saturated carbocycles. The summed E-state index contributed by atoms with van der Waals surface area (Å²) in [6.45, 7) is 4.35. The van der Waals surface area contributed by atoms with Crippen LogP contribution in [0.1, 0.15) is 25.3 Å². The molecule has 0 radical (unpaired) electrons. The molecule has 1 N–H and O–H groups in total. The van der Waals surface area contributed by atoms with Crippen molar-refractivity contribution in [2.75, 3.05) is 6.54 Å². The Balaban J connectivity index is 1.82. The van der Waals surface area contributed by atoms with Gasteiger partial charge in [0.2, 0.25) is 5.91 Å². The maximum absolute atomic E-state index is 12.5. The molecule has 2 heterocycles. The van der Waals surface area contributed by atoms with Crippen molar-refractivity contribution in [3.8, 4) is 0 Å². The second-order valence-electron chi connectivity index (χ2n) is 6.40. The molecule has 0 bridgehead atoms. The number of nitrogens with zero attached hydrogens (tertiary/aromatic N) is 3. The minimum atomic E-state index is -0.719. The molecule has 0 spiro atoms. The van der Waals surface area contributed by atoms with Crippen LogP contribution in [-0.2, 0) is 17.9 Å². The zero-order chi connectivity index (χ0) is 19.4. The van der Waals surface area contributed by atoms with E-state index < -0.39 is 11.1 Å². The highest BCUT2D eigenvalue weighted by Gasteiger charge is 2.15. The lowest BCUT2D eigenvalue weighted by molar-refractivity contribution is -0.121. The lowest BCUT2D eigenvalue weighted by Gasteiger charge is -2.15. The molecule has 140 valence electrons. The summed E-state index contributed by atoms with van der Waals surface area (Å²) in [4.78, 5) is 41.4. The number of benzene rings is 1. The van der Waals surface area contributed by atoms with Crippen LogP contribution in [0.2, 0.25) is 0 Å². The second-order valence-corrected chi connectivity index (χ2v) is 6.40. The van der Waals surface area contributed by atoms with Crippen LogP contribution in [0, 0.1) is 0 Å². The van der Waals surface area contributed by atoms with Crippen LogP contribution in [0.4, 0.5) is 0 Å². The van der Waals surface area contributed by atoms with Gasteiger partial charge >= 0.3 is 11.1 Å². The zero-order valence-electron chi connectivity index (χ0n) is 15.4. The van der Waals surface area contributed by atoms with Crippen molar-refractivity contribution in [3.63, 3.8) is 0 Å². The van der Waals surface area contributed by atoms with Crippen LogP contribution in [0.15, 0.2) is 58.3 Å². The van der Waals surface area contributed by atoms with Gasteiger partial charge in [0.1, 0.15) is 6.54 Å². The predicted molar refractivity (Wildman–Crippen MR) is 104 cm³/mol. The second kappa shape index (κ2) is 7.99. The summed E-state index contributed by atoms with van der Waals surface area (Å²) >= 11 is 0. The number of carbonyl (C=O) groups excluding carboxylic acids is 1. The van der Waals surface area contributed by atoms with Crippen LogP contribution in [0.3, 0.4) is 0 Å². The number of nitrogens with one attached hydrogen (secondary N) is 1. The smallest absolute Gasteiger partial charge is 0.318 e. The molecule has 1 aromatic carbocycles. The topological polar surface area (TPSA) is 86.0 Å². The summed E-state index contributed by atoms with van der Waals surface area (Å²) in [5.41, 5.74) is 0.596. The van der Waals surface area contributed by atoms with E-state index in [9.17, 15) is 14.4 Å². The van der Waals surface area contributed by atoms with Gasteiger partial charge in [-0.1, -0.05) is 37.3 Å². The summed E-state index contributed by atoms with van der Waals surface area (Å²) in [5, 5.41) is 2.84. The highest BCUT2D eigenvalue weighted by molar-refractivity contribution is 5.78. The number of aromatic nitrogens is 3. The van der Waals surface area contributed by atoms with E-state index in [-0.39, 0.29) is 18.4 Å². The fourth-order valence-corrected chi connectivity index (χ4v) is 3.06. The Labute approximate surface area is 156 Å². The fourth-order valence-electron chi connectivity index (χ4n) is 3.06. The quantitative estimate of drug-likeness (QED) is 0.670. The maximum Gasteiger partial charge on any atom is 0.318 e. The Morgan fingerprint density at radius 2 is 1.78 bits per heavy atom. The van der Waals surface area contributed by atoms with Gasteiger partial charge in [0.05, 0.1) is 5.52 Å². The molecular weight excluding hydrogens is 344 g/mol. The van der Waals surface area contributed by atoms with E-state index >= 15 is 0 Å². The number of carbonyl (C=O) groups is 1. The van der Waals surface area contributed by atoms with E-state index in [1.807, 2.05) is 37.3 Å². The summed E-state index contributed by atoms with van der Waals surface area (Å²) < 4.78 is 2.52. The van der Waals surface area contributed by atoms with Gasteiger partial charge in [0.15, 0.2) is 5.65 Å². The van der Waals surface area contributed by atoms with Crippen molar-refractivity contribution in [2.24, 2.45) is 0 Å². The largest absolute Gasteiger partial charge is 0.354 e. The number of rotatable bonds is 6. The Bertz CT molecular complexity index is 1070. The van der Waals surface area contributed by atoms with Crippen molar-refractivity contribution < 1.29 is 4.79 Å². The highest BCUT2D eigenvalue weighted by Crippen LogP contribution is 2.13. The van der Waals surface area contributed by atoms with Gasteiger partial charge in [-0.05, 0) is 30.5 Å². The first-order chi connectivity index (χ1) is 13.0. The fraction of sp³-hybridized carbons (Fsp3) is 0.300. The van der Waals surface area contributed by atoms with Crippen molar-refractivity contribution in [1.29, 1.82) is 0 Å². The Kier molecular flexibility index (Phi) is 5.49. The Morgan fingerprint density at radius 3 is 2.48 bits per heavy atom. The third kappa shape index (κ3) is 3.81. The molecule has 1 unspecified atom stereocenters. The molecule has 0 aliphatic rings. The van der Waals surface area contributed by atoms with E-state index in [1.165, 1.54) is 9.13 Å². The molecular formula is C20H22N4O3. The molecule has 1 amide bonds. The number of hydrogen-bond acceptors (Lipinski definition) is 4. The van der Waals surface area contributed by atoms with E-state index in [4.69, 9.17) is 0 Å². The number of aryl methyl sites for hydroxylation is 1. The zero-order valence-corrected chi connectivity index (χ0v) is 15.4. The van der Waals surface area contributed by atoms with Gasteiger partial charge in [-0.25, -0.2) is 4.98 Å². The van der Waals surface area contributed by atoms with E-state index in [1.54, 1.807) is 25.3 Å². The highest BCUT2D eigenvalue weighted by atomic mass is 16.2. The summed E-state index contributed by atoms with van der Waals surface area (Å²) in [5.74, 6) is -0.183. The lowest BCUT2D eigenvalue weighted by atomic mass is 10.0. The lowest BCUT2D eigenvalue weighted by Crippen LogP contribution is -2.44. The maximum atomic E-state index is 12.5. The number of fused-ring (bicyclic) bond motifs is 1. The molecule has 0 aliphatic carbocycles. The van der Waals surface area contributed by atoms with Gasteiger partial charge in [-0.2, -0.15) is 0 Å². The third-order valence-corrected chi connectivity index (χ3v) is 4.58. The minimum Gasteiger partial charge on any atom is -0.354 e. The Hall–Kier alpha value is -3.22. The first-order valence-electron chi connectivity index (χ1n) is 8.93.